The number of hydrogen-bond acceptors (Lipinski definition) is 5. The number of carbonyl (C=O) groups is 3. The second-order valence-electron chi connectivity index (χ2n) is 8.17. The number of carbonyl (C=O) groups excluding carboxylic acids is 3. The SMILES string of the molecule is COc1ccc([C@@H]2[C@H](N3C(=O)c4c(Cl)c(Cl)c(Cl)c(Cl)c4C3=O)C(=O)N2c2ccc(F)cc2)cc1OC. The first-order chi connectivity index (χ1) is 17.6. The first-order valence-electron chi connectivity index (χ1n) is 10.7. The number of imide groups is 1. The molecule has 7 nitrogen and oxygen atoms in total. The van der Waals surface area contributed by atoms with Gasteiger partial charge in [0.1, 0.15) is 11.9 Å². The summed E-state index contributed by atoms with van der Waals surface area (Å²) in [6.45, 7) is 0. The molecule has 3 aromatic carbocycles. The van der Waals surface area contributed by atoms with Gasteiger partial charge in [0.15, 0.2) is 11.5 Å². The molecule has 1 fully saturated rings. The summed E-state index contributed by atoms with van der Waals surface area (Å²) in [6, 6.07) is 8.05. The van der Waals surface area contributed by atoms with E-state index < -0.39 is 35.6 Å². The third kappa shape index (κ3) is 3.74. The van der Waals surface area contributed by atoms with Crippen molar-refractivity contribution in [2.45, 2.75) is 12.1 Å². The van der Waals surface area contributed by atoms with Gasteiger partial charge in [-0.1, -0.05) is 52.5 Å². The van der Waals surface area contributed by atoms with Crippen LogP contribution in [0.15, 0.2) is 42.5 Å². The minimum absolute atomic E-state index is 0.181. The molecule has 3 aromatic rings. The van der Waals surface area contributed by atoms with Crippen molar-refractivity contribution in [2.75, 3.05) is 19.1 Å². The number of ether oxygens (including phenoxy) is 2. The zero-order valence-corrected chi connectivity index (χ0v) is 22.0. The van der Waals surface area contributed by atoms with Gasteiger partial charge in [0, 0.05) is 5.69 Å². The summed E-state index contributed by atoms with van der Waals surface area (Å²) in [4.78, 5) is 42.7. The van der Waals surface area contributed by atoms with Crippen molar-refractivity contribution in [3.05, 3.63) is 85.1 Å². The molecule has 0 spiro atoms. The Balaban J connectivity index is 1.65. The largest absolute Gasteiger partial charge is 0.493 e. The van der Waals surface area contributed by atoms with Crippen LogP contribution in [-0.2, 0) is 4.79 Å². The number of halogens is 5. The molecule has 12 heteroatoms. The molecule has 0 aromatic heterocycles. The molecule has 3 amide bonds. The Hall–Kier alpha value is -3.04. The molecule has 2 atom stereocenters. The molecular weight excluding hydrogens is 569 g/mol. The first-order valence-corrected chi connectivity index (χ1v) is 12.2. The topological polar surface area (TPSA) is 76.2 Å². The van der Waals surface area contributed by atoms with Gasteiger partial charge in [-0.15, -0.1) is 0 Å². The average Bonchev–Trinajstić information content (AvgIpc) is 3.15. The number of benzene rings is 3. The molecule has 190 valence electrons. The number of anilines is 1. The zero-order chi connectivity index (χ0) is 26.8. The minimum Gasteiger partial charge on any atom is -0.493 e. The highest BCUT2D eigenvalue weighted by Gasteiger charge is 2.58. The van der Waals surface area contributed by atoms with Crippen molar-refractivity contribution in [3.8, 4) is 11.5 Å². The first kappa shape index (κ1) is 25.6. The van der Waals surface area contributed by atoms with Crippen LogP contribution >= 0.6 is 46.4 Å². The molecule has 37 heavy (non-hydrogen) atoms. The maximum absolute atomic E-state index is 13.6. The summed E-state index contributed by atoms with van der Waals surface area (Å²) in [5.41, 5.74) is 0.424. The lowest BCUT2D eigenvalue weighted by Gasteiger charge is -2.49. The Morgan fingerprint density at radius 3 is 1.76 bits per heavy atom. The molecule has 2 aliphatic rings. The van der Waals surface area contributed by atoms with Crippen LogP contribution in [0.25, 0.3) is 0 Å². The summed E-state index contributed by atoms with van der Waals surface area (Å²) in [5.74, 6) is -1.95. The van der Waals surface area contributed by atoms with Crippen molar-refractivity contribution in [2.24, 2.45) is 0 Å². The fourth-order valence-corrected chi connectivity index (χ4v) is 5.62. The van der Waals surface area contributed by atoms with Crippen LogP contribution < -0.4 is 14.4 Å². The molecule has 0 radical (unpaired) electrons. The summed E-state index contributed by atoms with van der Waals surface area (Å²) in [5, 5.41) is -0.840. The van der Waals surface area contributed by atoms with E-state index in [0.29, 0.717) is 22.7 Å². The van der Waals surface area contributed by atoms with Gasteiger partial charge in [-0.25, -0.2) is 4.39 Å². The predicted octanol–water partition coefficient (Wildman–Crippen LogP) is 6.21. The van der Waals surface area contributed by atoms with E-state index in [4.69, 9.17) is 55.9 Å². The molecule has 1 saturated heterocycles. The summed E-state index contributed by atoms with van der Waals surface area (Å²) in [7, 11) is 2.92. The van der Waals surface area contributed by atoms with E-state index >= 15 is 0 Å². The van der Waals surface area contributed by atoms with E-state index in [1.165, 1.54) is 43.4 Å². The molecule has 0 saturated carbocycles. The molecule has 0 unspecified atom stereocenters. The van der Waals surface area contributed by atoms with Crippen LogP contribution in [0, 0.1) is 5.82 Å². The maximum atomic E-state index is 13.6. The van der Waals surface area contributed by atoms with Crippen molar-refractivity contribution in [1.29, 1.82) is 0 Å². The second kappa shape index (κ2) is 9.36. The molecular formula is C25H15Cl4FN2O5. The highest BCUT2D eigenvalue weighted by Crippen LogP contribution is 2.49. The number of β-lactam (4-membered cyclic amide) rings is 1. The Labute approximate surface area is 230 Å². The highest BCUT2D eigenvalue weighted by atomic mass is 35.5. The van der Waals surface area contributed by atoms with Crippen molar-refractivity contribution in [3.63, 3.8) is 0 Å². The van der Waals surface area contributed by atoms with Crippen LogP contribution in [0.3, 0.4) is 0 Å². The predicted molar refractivity (Wildman–Crippen MR) is 137 cm³/mol. The van der Waals surface area contributed by atoms with E-state index in [1.54, 1.807) is 18.2 Å². The highest BCUT2D eigenvalue weighted by molar-refractivity contribution is 6.55. The van der Waals surface area contributed by atoms with Gasteiger partial charge < -0.3 is 14.4 Å². The Morgan fingerprint density at radius 2 is 1.24 bits per heavy atom. The van der Waals surface area contributed by atoms with Gasteiger partial charge in [0.25, 0.3) is 17.7 Å². The molecule has 0 aliphatic carbocycles. The monoisotopic (exact) mass is 582 g/mol. The van der Waals surface area contributed by atoms with Gasteiger partial charge in [-0.2, -0.15) is 0 Å². The minimum atomic E-state index is -1.28. The number of fused-ring (bicyclic) bond motifs is 1. The van der Waals surface area contributed by atoms with E-state index in [0.717, 1.165) is 4.90 Å². The van der Waals surface area contributed by atoms with Gasteiger partial charge >= 0.3 is 0 Å². The normalized spacial score (nSPS) is 18.7. The summed E-state index contributed by atoms with van der Waals surface area (Å²) >= 11 is 24.8. The third-order valence-electron chi connectivity index (χ3n) is 6.33. The van der Waals surface area contributed by atoms with Gasteiger partial charge in [-0.3, -0.25) is 19.3 Å². The Kier molecular flexibility index (Phi) is 6.48. The quantitative estimate of drug-likeness (QED) is 0.154. The molecule has 0 bridgehead atoms. The molecule has 5 rings (SSSR count). The van der Waals surface area contributed by atoms with Crippen molar-refractivity contribution in [1.82, 2.24) is 4.90 Å². The van der Waals surface area contributed by atoms with Crippen LogP contribution in [0.1, 0.15) is 32.3 Å². The lowest BCUT2D eigenvalue weighted by molar-refractivity contribution is -0.130. The smallest absolute Gasteiger partial charge is 0.264 e. The number of methoxy groups -OCH3 is 2. The fraction of sp³-hybridized carbons (Fsp3) is 0.160. The standard InChI is InChI=1S/C25H15Cl4FN2O5/c1-36-13-8-3-10(9-14(13)37-2)21-22(25(35)31(21)12-6-4-11(30)5-7-12)32-23(33)15-16(24(32)34)18(27)20(29)19(28)17(15)26/h3-9,21-22H,1-2H3/t21-,22+/m1/s1. The van der Waals surface area contributed by atoms with E-state index in [2.05, 4.69) is 0 Å². The van der Waals surface area contributed by atoms with Gasteiger partial charge in [0.05, 0.1) is 51.5 Å². The maximum Gasteiger partial charge on any atom is 0.264 e. The van der Waals surface area contributed by atoms with Crippen molar-refractivity contribution < 1.29 is 28.2 Å². The van der Waals surface area contributed by atoms with Crippen molar-refractivity contribution >= 4 is 69.8 Å². The lowest BCUT2D eigenvalue weighted by Crippen LogP contribution is -2.67. The Morgan fingerprint density at radius 1 is 0.703 bits per heavy atom. The van der Waals surface area contributed by atoms with Gasteiger partial charge in [-0.05, 0) is 42.0 Å². The lowest BCUT2D eigenvalue weighted by atomic mass is 9.86. The van der Waals surface area contributed by atoms with E-state index in [9.17, 15) is 18.8 Å². The Bertz CT molecular complexity index is 1450. The van der Waals surface area contributed by atoms with Gasteiger partial charge in [0.2, 0.25) is 0 Å². The fourth-order valence-electron chi connectivity index (χ4n) is 4.60. The van der Waals surface area contributed by atoms with Crippen LogP contribution in [0.5, 0.6) is 11.5 Å². The second-order valence-corrected chi connectivity index (χ2v) is 9.69. The third-order valence-corrected chi connectivity index (χ3v) is 8.13. The average molecular weight is 584 g/mol. The van der Waals surface area contributed by atoms with E-state index in [1.807, 2.05) is 0 Å². The molecule has 0 N–H and O–H groups in total. The van der Waals surface area contributed by atoms with Crippen LogP contribution in [0.4, 0.5) is 10.1 Å². The summed E-state index contributed by atoms with van der Waals surface area (Å²) in [6.07, 6.45) is 0. The number of amides is 3. The van der Waals surface area contributed by atoms with Crippen LogP contribution in [0.2, 0.25) is 20.1 Å². The number of rotatable bonds is 5. The number of hydrogen-bond donors (Lipinski definition) is 0. The van der Waals surface area contributed by atoms with Crippen LogP contribution in [-0.4, -0.2) is 42.9 Å². The number of nitrogens with zero attached hydrogens (tertiary/aromatic N) is 2. The van der Waals surface area contributed by atoms with E-state index in [-0.39, 0.29) is 31.2 Å². The zero-order valence-electron chi connectivity index (χ0n) is 19.0. The molecule has 2 aliphatic heterocycles. The summed E-state index contributed by atoms with van der Waals surface area (Å²) < 4.78 is 24.3. The molecule has 2 heterocycles.